The summed E-state index contributed by atoms with van der Waals surface area (Å²) in [6.45, 7) is 4.65. The number of rotatable bonds is 9. The predicted molar refractivity (Wildman–Crippen MR) is 110 cm³/mol. The van der Waals surface area contributed by atoms with E-state index in [9.17, 15) is 4.79 Å². The number of aromatic nitrogens is 2. The van der Waals surface area contributed by atoms with Gasteiger partial charge < -0.3 is 23.7 Å². The largest absolute Gasteiger partial charge is 0.493 e. The topological polar surface area (TPSA) is 95.1 Å². The van der Waals surface area contributed by atoms with E-state index in [1.807, 2.05) is 19.1 Å². The first-order valence-electron chi connectivity index (χ1n) is 9.91. The number of ether oxygens (including phenoxy) is 5. The van der Waals surface area contributed by atoms with Crippen molar-refractivity contribution in [1.29, 1.82) is 0 Å². The Morgan fingerprint density at radius 3 is 2.60 bits per heavy atom. The van der Waals surface area contributed by atoms with E-state index in [1.165, 1.54) is 0 Å². The Bertz CT molecular complexity index is 828. The minimum Gasteiger partial charge on any atom is -0.493 e. The minimum atomic E-state index is -0.213. The average molecular weight is 419 g/mol. The summed E-state index contributed by atoms with van der Waals surface area (Å²) in [6, 6.07) is 3.72. The van der Waals surface area contributed by atoms with E-state index in [-0.39, 0.29) is 12.0 Å². The maximum Gasteiger partial charge on any atom is 0.307 e. The fourth-order valence-corrected chi connectivity index (χ4v) is 3.62. The molecule has 1 atom stereocenters. The van der Waals surface area contributed by atoms with Crippen LogP contribution in [0.4, 0.5) is 0 Å². The minimum absolute atomic E-state index is 0.0412. The molecule has 1 N–H and O–H groups in total. The zero-order valence-electron chi connectivity index (χ0n) is 17.9. The molecule has 1 aromatic carbocycles. The predicted octanol–water partition coefficient (Wildman–Crippen LogP) is 2.26. The second-order valence-corrected chi connectivity index (χ2v) is 6.89. The molecule has 1 saturated heterocycles. The van der Waals surface area contributed by atoms with Crippen molar-refractivity contribution in [2.45, 2.75) is 25.9 Å². The van der Waals surface area contributed by atoms with Crippen LogP contribution in [0.3, 0.4) is 0 Å². The second kappa shape index (κ2) is 10.3. The SMILES string of the molecule is CCOC(=O)C[C@@H]1COCCN1Cc1cn[nH]c1-c1cc(OC)c(OC)c(OC)c1. The number of benzene rings is 1. The highest BCUT2D eigenvalue weighted by Gasteiger charge is 2.27. The van der Waals surface area contributed by atoms with Crippen molar-refractivity contribution < 1.29 is 28.5 Å². The van der Waals surface area contributed by atoms with Gasteiger partial charge in [0.15, 0.2) is 11.5 Å². The van der Waals surface area contributed by atoms with Crippen LogP contribution in [-0.4, -0.2) is 74.8 Å². The Morgan fingerprint density at radius 1 is 1.23 bits per heavy atom. The van der Waals surface area contributed by atoms with E-state index in [4.69, 9.17) is 23.7 Å². The van der Waals surface area contributed by atoms with Crippen LogP contribution < -0.4 is 14.2 Å². The lowest BCUT2D eigenvalue weighted by atomic mass is 10.0. The summed E-state index contributed by atoms with van der Waals surface area (Å²) in [7, 11) is 4.75. The summed E-state index contributed by atoms with van der Waals surface area (Å²) in [4.78, 5) is 14.2. The third kappa shape index (κ3) is 4.85. The van der Waals surface area contributed by atoms with Crippen LogP contribution in [0.2, 0.25) is 0 Å². The van der Waals surface area contributed by atoms with Gasteiger partial charge in [0.2, 0.25) is 5.75 Å². The number of nitrogens with one attached hydrogen (secondary N) is 1. The zero-order valence-corrected chi connectivity index (χ0v) is 17.9. The Labute approximate surface area is 176 Å². The van der Waals surface area contributed by atoms with Crippen molar-refractivity contribution in [3.63, 3.8) is 0 Å². The monoisotopic (exact) mass is 419 g/mol. The molecule has 0 unspecified atom stereocenters. The van der Waals surface area contributed by atoms with Crippen LogP contribution >= 0.6 is 0 Å². The van der Waals surface area contributed by atoms with E-state index >= 15 is 0 Å². The van der Waals surface area contributed by atoms with Crippen molar-refractivity contribution in [1.82, 2.24) is 15.1 Å². The zero-order chi connectivity index (χ0) is 21.5. The number of carbonyl (C=O) groups is 1. The Morgan fingerprint density at radius 2 is 1.97 bits per heavy atom. The van der Waals surface area contributed by atoms with E-state index in [0.717, 1.165) is 23.4 Å². The van der Waals surface area contributed by atoms with Crippen molar-refractivity contribution in [3.05, 3.63) is 23.9 Å². The Balaban J connectivity index is 1.85. The Kier molecular flexibility index (Phi) is 7.53. The molecule has 0 spiro atoms. The number of carbonyl (C=O) groups excluding carboxylic acids is 1. The van der Waals surface area contributed by atoms with Gasteiger partial charge in [0, 0.05) is 30.3 Å². The van der Waals surface area contributed by atoms with Gasteiger partial charge in [-0.2, -0.15) is 5.10 Å². The van der Waals surface area contributed by atoms with Crippen LogP contribution in [-0.2, 0) is 20.8 Å². The molecule has 1 aliphatic heterocycles. The quantitative estimate of drug-likeness (QED) is 0.619. The number of nitrogens with zero attached hydrogens (tertiary/aromatic N) is 2. The van der Waals surface area contributed by atoms with Gasteiger partial charge in [0.25, 0.3) is 0 Å². The summed E-state index contributed by atoms with van der Waals surface area (Å²) in [5.74, 6) is 1.46. The van der Waals surface area contributed by atoms with Crippen LogP contribution in [0, 0.1) is 0 Å². The molecule has 3 rings (SSSR count). The normalized spacial score (nSPS) is 16.9. The van der Waals surface area contributed by atoms with E-state index in [2.05, 4.69) is 15.1 Å². The molecular formula is C21H29N3O6. The third-order valence-corrected chi connectivity index (χ3v) is 5.10. The van der Waals surface area contributed by atoms with Gasteiger partial charge in [-0.15, -0.1) is 0 Å². The summed E-state index contributed by atoms with van der Waals surface area (Å²) >= 11 is 0. The molecule has 2 aromatic rings. The summed E-state index contributed by atoms with van der Waals surface area (Å²) in [5, 5.41) is 7.32. The van der Waals surface area contributed by atoms with Crippen LogP contribution in [0.25, 0.3) is 11.3 Å². The number of H-pyrrole nitrogens is 1. The lowest BCUT2D eigenvalue weighted by Gasteiger charge is -2.35. The molecule has 0 saturated carbocycles. The van der Waals surface area contributed by atoms with Crippen molar-refractivity contribution in [2.24, 2.45) is 0 Å². The number of hydrogen-bond acceptors (Lipinski definition) is 8. The summed E-state index contributed by atoms with van der Waals surface area (Å²) in [6.07, 6.45) is 2.10. The molecule has 30 heavy (non-hydrogen) atoms. The van der Waals surface area contributed by atoms with E-state index in [0.29, 0.717) is 50.0 Å². The molecule has 164 valence electrons. The highest BCUT2D eigenvalue weighted by atomic mass is 16.5. The van der Waals surface area contributed by atoms with Crippen molar-refractivity contribution >= 4 is 5.97 Å². The smallest absolute Gasteiger partial charge is 0.307 e. The molecule has 2 heterocycles. The second-order valence-electron chi connectivity index (χ2n) is 6.89. The van der Waals surface area contributed by atoms with Gasteiger partial charge in [-0.3, -0.25) is 14.8 Å². The molecule has 1 aromatic heterocycles. The average Bonchev–Trinajstić information content (AvgIpc) is 3.22. The number of morpholine rings is 1. The molecule has 9 nitrogen and oxygen atoms in total. The summed E-state index contributed by atoms with van der Waals surface area (Å²) < 4.78 is 27.1. The van der Waals surface area contributed by atoms with E-state index in [1.54, 1.807) is 27.5 Å². The van der Waals surface area contributed by atoms with Gasteiger partial charge in [0.05, 0.1) is 59.5 Å². The third-order valence-electron chi connectivity index (χ3n) is 5.10. The molecule has 1 fully saturated rings. The molecule has 0 bridgehead atoms. The maximum absolute atomic E-state index is 12.0. The standard InChI is InChI=1S/C21H29N3O6/c1-5-30-19(25)10-16-13-29-7-6-24(16)12-15-11-22-23-20(15)14-8-17(26-2)21(28-4)18(9-14)27-3/h8-9,11,16H,5-7,10,12-13H2,1-4H3,(H,22,23)/t16-/m1/s1. The van der Waals surface area contributed by atoms with Crippen molar-refractivity contribution in [3.8, 4) is 28.5 Å². The maximum atomic E-state index is 12.0. The first-order chi connectivity index (χ1) is 14.6. The van der Waals surface area contributed by atoms with Crippen molar-refractivity contribution in [2.75, 3.05) is 47.7 Å². The number of aromatic amines is 1. The molecule has 0 radical (unpaired) electrons. The van der Waals surface area contributed by atoms with Gasteiger partial charge in [-0.25, -0.2) is 0 Å². The molecule has 1 aliphatic rings. The molecule has 0 aliphatic carbocycles. The van der Waals surface area contributed by atoms with Gasteiger partial charge in [-0.1, -0.05) is 0 Å². The lowest BCUT2D eigenvalue weighted by molar-refractivity contribution is -0.146. The number of esters is 1. The number of hydrogen-bond donors (Lipinski definition) is 1. The molecule has 0 amide bonds. The van der Waals surface area contributed by atoms with Gasteiger partial charge >= 0.3 is 5.97 Å². The molecule has 9 heteroatoms. The van der Waals surface area contributed by atoms with Crippen LogP contribution in [0.1, 0.15) is 18.9 Å². The van der Waals surface area contributed by atoms with Gasteiger partial charge in [0.1, 0.15) is 0 Å². The first kappa shape index (κ1) is 21.9. The fourth-order valence-electron chi connectivity index (χ4n) is 3.62. The van der Waals surface area contributed by atoms with E-state index < -0.39 is 0 Å². The highest BCUT2D eigenvalue weighted by Crippen LogP contribution is 2.41. The Hall–Kier alpha value is -2.78. The summed E-state index contributed by atoms with van der Waals surface area (Å²) in [5.41, 5.74) is 2.72. The van der Waals surface area contributed by atoms with Gasteiger partial charge in [-0.05, 0) is 19.1 Å². The highest BCUT2D eigenvalue weighted by molar-refractivity contribution is 5.71. The molecular weight excluding hydrogens is 390 g/mol. The fraction of sp³-hybridized carbons (Fsp3) is 0.524. The first-order valence-corrected chi connectivity index (χ1v) is 9.91. The number of methoxy groups -OCH3 is 3. The van der Waals surface area contributed by atoms with Crippen LogP contribution in [0.5, 0.6) is 17.2 Å². The van der Waals surface area contributed by atoms with Crippen LogP contribution in [0.15, 0.2) is 18.3 Å². The lowest BCUT2D eigenvalue weighted by Crippen LogP contribution is -2.46.